The van der Waals surface area contributed by atoms with E-state index in [9.17, 15) is 4.79 Å². The lowest BCUT2D eigenvalue weighted by Gasteiger charge is -2.37. The first-order chi connectivity index (χ1) is 24.2. The van der Waals surface area contributed by atoms with Crippen molar-refractivity contribution < 1.29 is 4.79 Å². The number of hydrogen-bond acceptors (Lipinski definition) is 2. The first-order valence-corrected chi connectivity index (χ1v) is 16.9. The van der Waals surface area contributed by atoms with Gasteiger partial charge in [0, 0.05) is 5.56 Å². The van der Waals surface area contributed by atoms with Gasteiger partial charge in [-0.3, -0.25) is 9.36 Å². The van der Waals surface area contributed by atoms with Gasteiger partial charge >= 0.3 is 0 Å². The van der Waals surface area contributed by atoms with Gasteiger partial charge in [0.15, 0.2) is 0 Å². The molecule has 7 aromatic carbocycles. The summed E-state index contributed by atoms with van der Waals surface area (Å²) >= 11 is 0. The molecule has 226 valence electrons. The molecule has 3 heteroatoms. The zero-order valence-electron chi connectivity index (χ0n) is 26.3. The zero-order chi connectivity index (χ0) is 32.1. The van der Waals surface area contributed by atoms with E-state index in [1.54, 1.807) is 0 Å². The normalized spacial score (nSPS) is 15.7. The third kappa shape index (κ3) is 2.71. The number of aromatic nitrogens is 2. The molecule has 0 saturated carbocycles. The minimum Gasteiger partial charge on any atom is -0.268 e. The molecule has 0 atom stereocenters. The molecule has 49 heavy (non-hydrogen) atoms. The fourth-order valence-corrected chi connectivity index (χ4v) is 10.1. The first-order valence-electron chi connectivity index (χ1n) is 16.9. The molecule has 0 N–H and O–H groups in total. The van der Waals surface area contributed by atoms with E-state index in [2.05, 4.69) is 146 Å². The van der Waals surface area contributed by atoms with Crippen LogP contribution in [0.3, 0.4) is 0 Å². The highest BCUT2D eigenvalue weighted by atomic mass is 16.2. The minimum absolute atomic E-state index is 0.0295. The average Bonchev–Trinajstić information content (AvgIpc) is 3.86. The molecule has 2 heterocycles. The van der Waals surface area contributed by atoms with Crippen molar-refractivity contribution >= 4 is 16.9 Å². The van der Waals surface area contributed by atoms with Gasteiger partial charge in [0.2, 0.25) is 0 Å². The Hall–Kier alpha value is -6.32. The molecular weight excluding hydrogens is 597 g/mol. The number of benzene rings is 7. The summed E-state index contributed by atoms with van der Waals surface area (Å²) in [6.45, 7) is 0. The van der Waals surface area contributed by atoms with Crippen molar-refractivity contribution in [2.24, 2.45) is 0 Å². The van der Waals surface area contributed by atoms with E-state index in [1.165, 1.54) is 61.2 Å². The number of carbonyl (C=O) groups excluding carboxylic acids is 1. The van der Waals surface area contributed by atoms with E-state index in [-0.39, 0.29) is 5.91 Å². The van der Waals surface area contributed by atoms with Gasteiger partial charge in [0.05, 0.1) is 16.4 Å². The maximum atomic E-state index is 14.8. The maximum Gasteiger partial charge on any atom is 0.264 e. The van der Waals surface area contributed by atoms with E-state index in [1.807, 2.05) is 16.7 Å². The molecule has 2 spiro atoms. The maximum absolute atomic E-state index is 14.8. The number of rotatable bonds is 0. The predicted octanol–water partition coefficient (Wildman–Crippen LogP) is 9.74. The summed E-state index contributed by atoms with van der Waals surface area (Å²) in [5.41, 5.74) is 16.9. The van der Waals surface area contributed by atoms with Gasteiger partial charge in [-0.2, -0.15) is 0 Å². The quantitative estimate of drug-likeness (QED) is 0.169. The van der Waals surface area contributed by atoms with E-state index >= 15 is 0 Å². The van der Waals surface area contributed by atoms with E-state index in [0.29, 0.717) is 0 Å². The highest BCUT2D eigenvalue weighted by molar-refractivity contribution is 6.09. The van der Waals surface area contributed by atoms with Crippen LogP contribution >= 0.6 is 0 Å². The summed E-state index contributed by atoms with van der Waals surface area (Å²) in [5.74, 6) is 0.736. The Morgan fingerprint density at radius 3 is 1.22 bits per heavy atom. The number of hydrogen-bond donors (Lipinski definition) is 0. The third-order valence-electron chi connectivity index (χ3n) is 11.8. The van der Waals surface area contributed by atoms with Gasteiger partial charge in [0.25, 0.3) is 5.91 Å². The van der Waals surface area contributed by atoms with Crippen LogP contribution in [0.2, 0.25) is 0 Å². The smallest absolute Gasteiger partial charge is 0.264 e. The number of fused-ring (bicyclic) bond motifs is 21. The summed E-state index contributed by atoms with van der Waals surface area (Å²) in [5, 5.41) is 0. The van der Waals surface area contributed by atoms with Crippen molar-refractivity contribution in [3.63, 3.8) is 0 Å². The van der Waals surface area contributed by atoms with Crippen LogP contribution in [0.5, 0.6) is 0 Å². The molecule has 8 aromatic rings. The second kappa shape index (κ2) is 8.58. The van der Waals surface area contributed by atoms with Gasteiger partial charge in [-0.1, -0.05) is 140 Å². The van der Waals surface area contributed by atoms with Crippen LogP contribution in [-0.2, 0) is 10.8 Å². The first kappa shape index (κ1) is 25.7. The second-order valence-electron chi connectivity index (χ2n) is 13.7. The Balaban J connectivity index is 1.24. The SMILES string of the molecule is O=C1c2ccccc2C2(c3ccccc3-c3ccccc32)c2nc3cc4c(cc3n21)-c1ccccc1C41c2ccccc2-c2ccccc21. The van der Waals surface area contributed by atoms with Crippen molar-refractivity contribution in [2.75, 3.05) is 0 Å². The molecular formula is C46H26N2O. The summed E-state index contributed by atoms with van der Waals surface area (Å²) in [7, 11) is 0. The zero-order valence-corrected chi connectivity index (χ0v) is 26.3. The Morgan fingerprint density at radius 1 is 0.388 bits per heavy atom. The van der Waals surface area contributed by atoms with Crippen LogP contribution in [0, 0.1) is 0 Å². The van der Waals surface area contributed by atoms with Gasteiger partial charge < -0.3 is 0 Å². The van der Waals surface area contributed by atoms with Gasteiger partial charge in [0.1, 0.15) is 11.2 Å². The van der Waals surface area contributed by atoms with Crippen LogP contribution in [0.25, 0.3) is 44.4 Å². The van der Waals surface area contributed by atoms with E-state index in [4.69, 9.17) is 4.98 Å². The van der Waals surface area contributed by atoms with Gasteiger partial charge in [-0.25, -0.2) is 4.98 Å². The van der Waals surface area contributed by atoms with Gasteiger partial charge in [-0.05, 0) is 90.5 Å². The summed E-state index contributed by atoms with van der Waals surface area (Å²) in [6, 6.07) is 56.6. The molecule has 3 nitrogen and oxygen atoms in total. The lowest BCUT2D eigenvalue weighted by atomic mass is 9.68. The van der Waals surface area contributed by atoms with Crippen molar-refractivity contribution in [3.8, 4) is 33.4 Å². The van der Waals surface area contributed by atoms with Crippen molar-refractivity contribution in [3.05, 3.63) is 208 Å². The Morgan fingerprint density at radius 2 is 0.755 bits per heavy atom. The monoisotopic (exact) mass is 622 g/mol. The molecule has 0 unspecified atom stereocenters. The lowest BCUT2D eigenvalue weighted by Crippen LogP contribution is -2.40. The highest BCUT2D eigenvalue weighted by Crippen LogP contribution is 2.64. The summed E-state index contributed by atoms with van der Waals surface area (Å²) in [4.78, 5) is 20.4. The van der Waals surface area contributed by atoms with Crippen LogP contribution in [0.1, 0.15) is 55.1 Å². The topological polar surface area (TPSA) is 34.9 Å². The molecule has 4 aliphatic rings. The molecule has 3 aliphatic carbocycles. The number of imidazole rings is 1. The Bertz CT molecular complexity index is 2730. The van der Waals surface area contributed by atoms with E-state index < -0.39 is 10.8 Å². The van der Waals surface area contributed by atoms with Crippen LogP contribution in [0.15, 0.2) is 158 Å². The molecule has 0 amide bonds. The molecule has 0 saturated heterocycles. The fourth-order valence-electron chi connectivity index (χ4n) is 10.1. The standard InChI is InChI=1S/C46H26N2O/c49-43-32-18-6-12-24-39(32)46(37-22-10-3-15-29(37)30-16-4-11-23-38(30)46)44-47-41-26-40-33(25-42(41)48(43)44)31-17-5-9-21-36(31)45(40)34-19-7-1-13-27(34)28-14-2-8-20-35(28)45/h1-26H. The number of carbonyl (C=O) groups is 1. The molecule has 0 radical (unpaired) electrons. The average molecular weight is 623 g/mol. The molecule has 1 aliphatic heterocycles. The third-order valence-corrected chi connectivity index (χ3v) is 11.8. The van der Waals surface area contributed by atoms with Crippen molar-refractivity contribution in [1.82, 2.24) is 9.55 Å². The largest absolute Gasteiger partial charge is 0.268 e. The fraction of sp³-hybridized carbons (Fsp3) is 0.0435. The highest BCUT2D eigenvalue weighted by Gasteiger charge is 2.55. The molecule has 12 rings (SSSR count). The second-order valence-corrected chi connectivity index (χ2v) is 13.7. The molecule has 0 fully saturated rings. The van der Waals surface area contributed by atoms with Crippen molar-refractivity contribution in [1.29, 1.82) is 0 Å². The Kier molecular flexibility index (Phi) is 4.50. The lowest BCUT2D eigenvalue weighted by molar-refractivity contribution is 0.0951. The molecule has 1 aromatic heterocycles. The van der Waals surface area contributed by atoms with Crippen LogP contribution in [0.4, 0.5) is 0 Å². The minimum atomic E-state index is -0.733. The number of nitrogens with zero attached hydrogens (tertiary/aromatic N) is 2. The van der Waals surface area contributed by atoms with Crippen LogP contribution < -0.4 is 0 Å². The van der Waals surface area contributed by atoms with Gasteiger partial charge in [-0.15, -0.1) is 0 Å². The summed E-state index contributed by atoms with van der Waals surface area (Å²) in [6.07, 6.45) is 0. The summed E-state index contributed by atoms with van der Waals surface area (Å²) < 4.78 is 1.93. The van der Waals surface area contributed by atoms with E-state index in [0.717, 1.165) is 33.5 Å². The molecule has 0 bridgehead atoms. The Labute approximate surface area is 282 Å². The van der Waals surface area contributed by atoms with Crippen LogP contribution in [-0.4, -0.2) is 15.5 Å². The predicted molar refractivity (Wildman–Crippen MR) is 193 cm³/mol. The van der Waals surface area contributed by atoms with Crippen molar-refractivity contribution in [2.45, 2.75) is 10.8 Å².